The SMILES string of the molecule is Cc1ccccc1CNCc1cnc2c(c1)c(C)nn2C. The molecule has 0 unspecified atom stereocenters. The molecule has 2 aromatic heterocycles. The van der Waals surface area contributed by atoms with Crippen molar-refractivity contribution in [1.29, 1.82) is 0 Å². The smallest absolute Gasteiger partial charge is 0.157 e. The van der Waals surface area contributed by atoms with E-state index in [1.54, 1.807) is 0 Å². The van der Waals surface area contributed by atoms with E-state index >= 15 is 0 Å². The first kappa shape index (κ1) is 13.8. The topological polar surface area (TPSA) is 42.7 Å². The fourth-order valence-electron chi connectivity index (χ4n) is 2.60. The van der Waals surface area contributed by atoms with E-state index in [1.807, 2.05) is 24.9 Å². The summed E-state index contributed by atoms with van der Waals surface area (Å²) in [5, 5.41) is 9.02. The fraction of sp³-hybridized carbons (Fsp3) is 0.294. The molecule has 3 rings (SSSR count). The van der Waals surface area contributed by atoms with Crippen LogP contribution in [-0.4, -0.2) is 14.8 Å². The third kappa shape index (κ3) is 2.81. The highest BCUT2D eigenvalue weighted by Crippen LogP contribution is 2.16. The van der Waals surface area contributed by atoms with Gasteiger partial charge in [-0.1, -0.05) is 24.3 Å². The Morgan fingerprint density at radius 1 is 1.14 bits per heavy atom. The monoisotopic (exact) mass is 280 g/mol. The summed E-state index contributed by atoms with van der Waals surface area (Å²) in [7, 11) is 1.93. The first-order valence-corrected chi connectivity index (χ1v) is 7.18. The van der Waals surface area contributed by atoms with Crippen LogP contribution in [0.2, 0.25) is 0 Å². The molecule has 108 valence electrons. The van der Waals surface area contributed by atoms with Crippen LogP contribution >= 0.6 is 0 Å². The van der Waals surface area contributed by atoms with E-state index in [1.165, 1.54) is 16.7 Å². The van der Waals surface area contributed by atoms with Crippen LogP contribution in [0.5, 0.6) is 0 Å². The van der Waals surface area contributed by atoms with Gasteiger partial charge in [0.1, 0.15) is 0 Å². The lowest BCUT2D eigenvalue weighted by Crippen LogP contribution is -2.13. The van der Waals surface area contributed by atoms with E-state index in [2.05, 4.69) is 52.7 Å². The summed E-state index contributed by atoms with van der Waals surface area (Å²) in [5.74, 6) is 0. The van der Waals surface area contributed by atoms with Gasteiger partial charge in [0.25, 0.3) is 0 Å². The maximum atomic E-state index is 4.51. The van der Waals surface area contributed by atoms with Crippen molar-refractivity contribution in [2.75, 3.05) is 0 Å². The summed E-state index contributed by atoms with van der Waals surface area (Å²) in [6, 6.07) is 10.6. The second-order valence-corrected chi connectivity index (χ2v) is 5.45. The highest BCUT2D eigenvalue weighted by molar-refractivity contribution is 5.78. The van der Waals surface area contributed by atoms with E-state index in [9.17, 15) is 0 Å². The molecule has 2 heterocycles. The first-order valence-electron chi connectivity index (χ1n) is 7.18. The van der Waals surface area contributed by atoms with Crippen LogP contribution in [0.4, 0.5) is 0 Å². The molecule has 1 aromatic carbocycles. The zero-order valence-electron chi connectivity index (χ0n) is 12.7. The molecule has 0 aliphatic carbocycles. The molecule has 0 bridgehead atoms. The van der Waals surface area contributed by atoms with E-state index in [-0.39, 0.29) is 0 Å². The van der Waals surface area contributed by atoms with Crippen molar-refractivity contribution < 1.29 is 0 Å². The number of hydrogen-bond acceptors (Lipinski definition) is 3. The molecule has 0 saturated carbocycles. The lowest BCUT2D eigenvalue weighted by atomic mass is 10.1. The van der Waals surface area contributed by atoms with Crippen LogP contribution < -0.4 is 5.32 Å². The molecule has 1 N–H and O–H groups in total. The molecule has 0 saturated heterocycles. The van der Waals surface area contributed by atoms with Crippen molar-refractivity contribution in [3.05, 3.63) is 58.9 Å². The third-order valence-electron chi connectivity index (χ3n) is 3.83. The molecule has 0 aliphatic heterocycles. The van der Waals surface area contributed by atoms with E-state index in [0.717, 1.165) is 29.8 Å². The van der Waals surface area contributed by atoms with Crippen molar-refractivity contribution in [1.82, 2.24) is 20.1 Å². The summed E-state index contributed by atoms with van der Waals surface area (Å²) in [6.45, 7) is 5.85. The first-order chi connectivity index (χ1) is 10.1. The lowest BCUT2D eigenvalue weighted by molar-refractivity contribution is 0.689. The molecule has 0 fully saturated rings. The summed E-state index contributed by atoms with van der Waals surface area (Å²) >= 11 is 0. The molecule has 4 nitrogen and oxygen atoms in total. The zero-order chi connectivity index (χ0) is 14.8. The molecule has 0 atom stereocenters. The minimum absolute atomic E-state index is 0.811. The molecule has 4 heteroatoms. The Kier molecular flexibility index (Phi) is 3.71. The fourth-order valence-corrected chi connectivity index (χ4v) is 2.60. The Bertz CT molecular complexity index is 774. The molecule has 21 heavy (non-hydrogen) atoms. The van der Waals surface area contributed by atoms with Crippen molar-refractivity contribution in [3.8, 4) is 0 Å². The average Bonchev–Trinajstić information content (AvgIpc) is 2.76. The van der Waals surface area contributed by atoms with Gasteiger partial charge in [0.05, 0.1) is 5.69 Å². The number of pyridine rings is 1. The van der Waals surface area contributed by atoms with Crippen LogP contribution in [-0.2, 0) is 20.1 Å². The van der Waals surface area contributed by atoms with Gasteiger partial charge in [-0.25, -0.2) is 4.98 Å². The summed E-state index contributed by atoms with van der Waals surface area (Å²) in [6.07, 6.45) is 1.92. The van der Waals surface area contributed by atoms with Gasteiger partial charge >= 0.3 is 0 Å². The van der Waals surface area contributed by atoms with Gasteiger partial charge in [-0.05, 0) is 36.6 Å². The molecule has 0 spiro atoms. The predicted octanol–water partition coefficient (Wildman–Crippen LogP) is 2.87. The Balaban J connectivity index is 1.71. The normalized spacial score (nSPS) is 11.2. The Labute approximate surface area is 124 Å². The van der Waals surface area contributed by atoms with Crippen LogP contribution in [0.3, 0.4) is 0 Å². The van der Waals surface area contributed by atoms with E-state index in [4.69, 9.17) is 0 Å². The van der Waals surface area contributed by atoms with Gasteiger partial charge in [-0.3, -0.25) is 4.68 Å². The quantitative estimate of drug-likeness (QED) is 0.799. The maximum absolute atomic E-state index is 4.51. The van der Waals surface area contributed by atoms with Crippen molar-refractivity contribution in [2.45, 2.75) is 26.9 Å². The number of fused-ring (bicyclic) bond motifs is 1. The Hall–Kier alpha value is -2.20. The number of rotatable bonds is 4. The number of aromatic nitrogens is 3. The Morgan fingerprint density at radius 2 is 1.95 bits per heavy atom. The maximum Gasteiger partial charge on any atom is 0.157 e. The molecular formula is C17H20N4. The number of aryl methyl sites for hydroxylation is 3. The van der Waals surface area contributed by atoms with Crippen LogP contribution in [0.15, 0.2) is 36.5 Å². The van der Waals surface area contributed by atoms with E-state index in [0.29, 0.717) is 0 Å². The van der Waals surface area contributed by atoms with Gasteiger partial charge in [-0.15, -0.1) is 0 Å². The number of hydrogen-bond donors (Lipinski definition) is 1. The minimum Gasteiger partial charge on any atom is -0.309 e. The lowest BCUT2D eigenvalue weighted by Gasteiger charge is -2.07. The van der Waals surface area contributed by atoms with Gasteiger partial charge in [0.15, 0.2) is 5.65 Å². The highest BCUT2D eigenvalue weighted by Gasteiger charge is 2.06. The summed E-state index contributed by atoms with van der Waals surface area (Å²) in [5.41, 5.74) is 5.81. The molecule has 0 radical (unpaired) electrons. The summed E-state index contributed by atoms with van der Waals surface area (Å²) in [4.78, 5) is 4.51. The van der Waals surface area contributed by atoms with Gasteiger partial charge in [-0.2, -0.15) is 5.10 Å². The second kappa shape index (κ2) is 5.66. The Morgan fingerprint density at radius 3 is 2.76 bits per heavy atom. The summed E-state index contributed by atoms with van der Waals surface area (Å²) < 4.78 is 1.83. The number of benzene rings is 1. The van der Waals surface area contributed by atoms with Crippen LogP contribution in [0.25, 0.3) is 11.0 Å². The number of nitrogens with zero attached hydrogens (tertiary/aromatic N) is 3. The third-order valence-corrected chi connectivity index (χ3v) is 3.83. The van der Waals surface area contributed by atoms with Gasteiger partial charge in [0.2, 0.25) is 0 Å². The standard InChI is InChI=1S/C17H20N4/c1-12-6-4-5-7-15(12)11-18-9-14-8-16-13(2)20-21(3)17(16)19-10-14/h4-8,10,18H,9,11H2,1-3H3. The largest absolute Gasteiger partial charge is 0.309 e. The van der Waals surface area contributed by atoms with E-state index < -0.39 is 0 Å². The zero-order valence-corrected chi connectivity index (χ0v) is 12.7. The molecule has 0 aliphatic rings. The highest BCUT2D eigenvalue weighted by atomic mass is 15.3. The van der Waals surface area contributed by atoms with Crippen LogP contribution in [0, 0.1) is 13.8 Å². The van der Waals surface area contributed by atoms with Gasteiger partial charge < -0.3 is 5.32 Å². The average molecular weight is 280 g/mol. The van der Waals surface area contributed by atoms with Crippen LogP contribution in [0.1, 0.15) is 22.4 Å². The predicted molar refractivity (Wildman–Crippen MR) is 85.0 cm³/mol. The molecule has 3 aromatic rings. The molecular weight excluding hydrogens is 260 g/mol. The second-order valence-electron chi connectivity index (χ2n) is 5.45. The minimum atomic E-state index is 0.811. The van der Waals surface area contributed by atoms with Crippen molar-refractivity contribution in [2.24, 2.45) is 7.05 Å². The van der Waals surface area contributed by atoms with Gasteiger partial charge in [0, 0.05) is 31.7 Å². The van der Waals surface area contributed by atoms with Crippen molar-refractivity contribution >= 4 is 11.0 Å². The van der Waals surface area contributed by atoms with Crippen molar-refractivity contribution in [3.63, 3.8) is 0 Å². The number of nitrogens with one attached hydrogen (secondary N) is 1. The molecule has 0 amide bonds.